The molecule has 0 aliphatic carbocycles. The molecule has 4 nitrogen and oxygen atoms in total. The van der Waals surface area contributed by atoms with E-state index < -0.39 is 0 Å². The summed E-state index contributed by atoms with van der Waals surface area (Å²) in [5.41, 5.74) is 7.86. The summed E-state index contributed by atoms with van der Waals surface area (Å²) in [6.07, 6.45) is 0. The summed E-state index contributed by atoms with van der Waals surface area (Å²) in [4.78, 5) is 14.2. The topological polar surface area (TPSA) is 55.6 Å². The Bertz CT molecular complexity index is 465. The van der Waals surface area contributed by atoms with Crippen LogP contribution in [0, 0.1) is 0 Å². The van der Waals surface area contributed by atoms with Gasteiger partial charge in [-0.25, -0.2) is 4.79 Å². The van der Waals surface area contributed by atoms with Gasteiger partial charge in [0.05, 0.1) is 12.7 Å². The van der Waals surface area contributed by atoms with Crippen LogP contribution in [-0.4, -0.2) is 42.1 Å². The summed E-state index contributed by atoms with van der Waals surface area (Å²) >= 11 is 1.99. The Hall–Kier alpha value is -1.20. The number of rotatable bonds is 3. The number of thioether (sulfide) groups is 1. The lowest BCUT2D eigenvalue weighted by molar-refractivity contribution is 0.0599. The molecule has 1 saturated heterocycles. The van der Waals surface area contributed by atoms with Crippen molar-refractivity contribution >= 4 is 23.4 Å². The molecule has 1 aliphatic heterocycles. The number of ether oxygens (including phenoxy) is 1. The lowest BCUT2D eigenvalue weighted by Crippen LogP contribution is -2.36. The van der Waals surface area contributed by atoms with Crippen molar-refractivity contribution in [3.8, 4) is 0 Å². The summed E-state index contributed by atoms with van der Waals surface area (Å²) in [5.74, 6) is 0.782. The summed E-state index contributed by atoms with van der Waals surface area (Å²) in [6, 6.07) is 5.58. The van der Waals surface area contributed by atoms with Crippen LogP contribution in [0.5, 0.6) is 0 Å². The minimum Gasteiger partial charge on any atom is -0.465 e. The fraction of sp³-hybridized carbons (Fsp3) is 0.500. The molecule has 0 radical (unpaired) electrons. The molecule has 1 fully saturated rings. The van der Waals surface area contributed by atoms with E-state index in [9.17, 15) is 4.79 Å². The van der Waals surface area contributed by atoms with Gasteiger partial charge in [0, 0.05) is 36.3 Å². The molecule has 5 heteroatoms. The molecule has 1 aromatic rings. The van der Waals surface area contributed by atoms with Crippen LogP contribution in [0.4, 0.5) is 5.69 Å². The average Bonchev–Trinajstić information content (AvgIpc) is 2.38. The highest BCUT2D eigenvalue weighted by Crippen LogP contribution is 2.23. The fourth-order valence-corrected chi connectivity index (χ4v) is 3.46. The normalized spacial score (nSPS) is 20.2. The second-order valence-corrected chi connectivity index (χ2v) is 6.34. The zero-order valence-corrected chi connectivity index (χ0v) is 12.2. The SMILES string of the molecule is COC(=O)c1c(N)cccc1CN1CCSC(C)C1. The Morgan fingerprint density at radius 2 is 2.37 bits per heavy atom. The number of carbonyl (C=O) groups excluding carboxylic acids is 1. The second kappa shape index (κ2) is 6.30. The molecule has 0 spiro atoms. The summed E-state index contributed by atoms with van der Waals surface area (Å²) in [6.45, 7) is 5.07. The molecule has 1 atom stereocenters. The molecular formula is C14H20N2O2S. The van der Waals surface area contributed by atoms with Crippen LogP contribution in [0.1, 0.15) is 22.8 Å². The first-order valence-electron chi connectivity index (χ1n) is 6.41. The molecule has 0 aromatic heterocycles. The van der Waals surface area contributed by atoms with E-state index in [1.807, 2.05) is 23.9 Å². The maximum Gasteiger partial charge on any atom is 0.340 e. The highest BCUT2D eigenvalue weighted by atomic mass is 32.2. The second-order valence-electron chi connectivity index (χ2n) is 4.79. The van der Waals surface area contributed by atoms with E-state index in [2.05, 4.69) is 11.8 Å². The molecular weight excluding hydrogens is 260 g/mol. The third-order valence-electron chi connectivity index (χ3n) is 3.29. The van der Waals surface area contributed by atoms with E-state index in [1.165, 1.54) is 7.11 Å². The zero-order valence-electron chi connectivity index (χ0n) is 11.4. The molecule has 0 saturated carbocycles. The summed E-state index contributed by atoms with van der Waals surface area (Å²) in [5, 5.41) is 0.636. The Morgan fingerprint density at radius 1 is 1.58 bits per heavy atom. The van der Waals surface area contributed by atoms with Crippen molar-refractivity contribution < 1.29 is 9.53 Å². The van der Waals surface area contributed by atoms with Gasteiger partial charge in [0.15, 0.2) is 0 Å². The number of hydrogen-bond acceptors (Lipinski definition) is 5. The Labute approximate surface area is 118 Å². The van der Waals surface area contributed by atoms with E-state index in [0.717, 1.165) is 31.0 Å². The first-order valence-corrected chi connectivity index (χ1v) is 7.46. The van der Waals surface area contributed by atoms with Crippen molar-refractivity contribution in [1.29, 1.82) is 0 Å². The minimum atomic E-state index is -0.354. The van der Waals surface area contributed by atoms with Gasteiger partial charge in [0.1, 0.15) is 0 Å². The van der Waals surface area contributed by atoms with Gasteiger partial charge >= 0.3 is 5.97 Å². The predicted molar refractivity (Wildman–Crippen MR) is 79.4 cm³/mol. The van der Waals surface area contributed by atoms with E-state index in [4.69, 9.17) is 10.5 Å². The quantitative estimate of drug-likeness (QED) is 0.678. The van der Waals surface area contributed by atoms with Crippen LogP contribution < -0.4 is 5.73 Å². The van der Waals surface area contributed by atoms with Gasteiger partial charge in [0.25, 0.3) is 0 Å². The first kappa shape index (κ1) is 14.2. The molecule has 19 heavy (non-hydrogen) atoms. The molecule has 104 valence electrons. The lowest BCUT2D eigenvalue weighted by Gasteiger charge is -2.31. The van der Waals surface area contributed by atoms with Crippen molar-refractivity contribution in [2.45, 2.75) is 18.7 Å². The maximum atomic E-state index is 11.8. The fourth-order valence-electron chi connectivity index (χ4n) is 2.38. The minimum absolute atomic E-state index is 0.354. The highest BCUT2D eigenvalue weighted by molar-refractivity contribution is 7.99. The number of benzene rings is 1. The number of esters is 1. The van der Waals surface area contributed by atoms with Crippen LogP contribution in [0.25, 0.3) is 0 Å². The highest BCUT2D eigenvalue weighted by Gasteiger charge is 2.21. The number of carbonyl (C=O) groups is 1. The third kappa shape index (κ3) is 3.42. The van der Waals surface area contributed by atoms with Gasteiger partial charge in [-0.05, 0) is 11.6 Å². The van der Waals surface area contributed by atoms with Crippen molar-refractivity contribution in [2.24, 2.45) is 0 Å². The zero-order chi connectivity index (χ0) is 13.8. The molecule has 1 aliphatic rings. The van der Waals surface area contributed by atoms with Crippen LogP contribution in [0.3, 0.4) is 0 Å². The molecule has 0 amide bonds. The summed E-state index contributed by atoms with van der Waals surface area (Å²) < 4.78 is 4.83. The van der Waals surface area contributed by atoms with Gasteiger partial charge in [-0.2, -0.15) is 11.8 Å². The first-order chi connectivity index (χ1) is 9.11. The van der Waals surface area contributed by atoms with E-state index in [1.54, 1.807) is 6.07 Å². The standard InChI is InChI=1S/C14H20N2O2S/c1-10-8-16(6-7-19-10)9-11-4-3-5-12(15)13(11)14(17)18-2/h3-5,10H,6-9,15H2,1-2H3. The third-order valence-corrected chi connectivity index (χ3v) is 4.43. The van der Waals surface area contributed by atoms with Gasteiger partial charge in [0.2, 0.25) is 0 Å². The number of nitrogens with two attached hydrogens (primary N) is 1. The van der Waals surface area contributed by atoms with Gasteiger partial charge in [-0.1, -0.05) is 19.1 Å². The number of nitrogens with zero attached hydrogens (tertiary/aromatic N) is 1. The predicted octanol–water partition coefficient (Wildman–Crippen LogP) is 1.99. The van der Waals surface area contributed by atoms with E-state index in [-0.39, 0.29) is 5.97 Å². The van der Waals surface area contributed by atoms with Crippen molar-refractivity contribution in [3.63, 3.8) is 0 Å². The van der Waals surface area contributed by atoms with Crippen molar-refractivity contribution in [2.75, 3.05) is 31.7 Å². The summed E-state index contributed by atoms with van der Waals surface area (Å²) in [7, 11) is 1.39. The smallest absolute Gasteiger partial charge is 0.340 e. The molecule has 1 aromatic carbocycles. The number of hydrogen-bond donors (Lipinski definition) is 1. The van der Waals surface area contributed by atoms with Gasteiger partial charge in [-0.3, -0.25) is 4.90 Å². The van der Waals surface area contributed by atoms with E-state index >= 15 is 0 Å². The number of methoxy groups -OCH3 is 1. The van der Waals surface area contributed by atoms with Crippen LogP contribution in [0.15, 0.2) is 18.2 Å². The van der Waals surface area contributed by atoms with Crippen molar-refractivity contribution in [3.05, 3.63) is 29.3 Å². The van der Waals surface area contributed by atoms with Crippen LogP contribution in [-0.2, 0) is 11.3 Å². The molecule has 1 heterocycles. The Kier molecular flexibility index (Phi) is 4.71. The van der Waals surface area contributed by atoms with Gasteiger partial charge in [-0.15, -0.1) is 0 Å². The van der Waals surface area contributed by atoms with Crippen molar-refractivity contribution in [1.82, 2.24) is 4.90 Å². The number of nitrogen functional groups attached to an aromatic ring is 1. The average molecular weight is 280 g/mol. The molecule has 2 rings (SSSR count). The van der Waals surface area contributed by atoms with Gasteiger partial charge < -0.3 is 10.5 Å². The number of anilines is 1. The lowest BCUT2D eigenvalue weighted by atomic mass is 10.0. The Morgan fingerprint density at radius 3 is 3.05 bits per heavy atom. The molecule has 2 N–H and O–H groups in total. The maximum absolute atomic E-state index is 11.8. The van der Waals surface area contributed by atoms with Crippen LogP contribution in [0.2, 0.25) is 0 Å². The van der Waals surface area contributed by atoms with E-state index in [0.29, 0.717) is 16.5 Å². The Balaban J connectivity index is 2.19. The largest absolute Gasteiger partial charge is 0.465 e. The molecule has 1 unspecified atom stereocenters. The monoisotopic (exact) mass is 280 g/mol. The van der Waals surface area contributed by atoms with Crippen LogP contribution >= 0.6 is 11.8 Å². The molecule has 0 bridgehead atoms.